The summed E-state index contributed by atoms with van der Waals surface area (Å²) >= 11 is 0. The molecule has 0 bridgehead atoms. The predicted octanol–water partition coefficient (Wildman–Crippen LogP) is 1.69. The molecule has 7 nitrogen and oxygen atoms in total. The normalized spacial score (nSPS) is 26.1. The minimum Gasteiger partial charge on any atom is -0.322 e. The summed E-state index contributed by atoms with van der Waals surface area (Å²) < 4.78 is 0. The molecule has 0 aromatic heterocycles. The second kappa shape index (κ2) is 8.08. The standard InChI is InChI=1S/C20H28N4O3/c1-15-7-6-12-23(13-15)14-17(25)22-24-18(26)20(2,21-19(24)27)11-10-16-8-4-3-5-9-16/h3-5,8-9,15H,6-7,10-14H2,1-2H3,(H,21,27)(H,22,25). The molecule has 0 radical (unpaired) electrons. The van der Waals surface area contributed by atoms with Crippen molar-refractivity contribution >= 4 is 17.8 Å². The number of benzene rings is 1. The molecule has 2 N–H and O–H groups in total. The summed E-state index contributed by atoms with van der Waals surface area (Å²) in [7, 11) is 0. The van der Waals surface area contributed by atoms with E-state index in [1.54, 1.807) is 6.92 Å². The van der Waals surface area contributed by atoms with Crippen LogP contribution in [0.25, 0.3) is 0 Å². The van der Waals surface area contributed by atoms with Gasteiger partial charge in [0.15, 0.2) is 0 Å². The molecule has 2 atom stereocenters. The van der Waals surface area contributed by atoms with Crippen LogP contribution >= 0.6 is 0 Å². The Morgan fingerprint density at radius 1 is 1.30 bits per heavy atom. The molecule has 0 spiro atoms. The lowest BCUT2D eigenvalue weighted by molar-refractivity contribution is -0.139. The van der Waals surface area contributed by atoms with Crippen molar-refractivity contribution in [2.24, 2.45) is 5.92 Å². The van der Waals surface area contributed by atoms with E-state index >= 15 is 0 Å². The highest BCUT2D eigenvalue weighted by molar-refractivity contribution is 6.07. The number of hydrogen-bond donors (Lipinski definition) is 2. The van der Waals surface area contributed by atoms with Gasteiger partial charge in [-0.25, -0.2) is 4.79 Å². The third-order valence-electron chi connectivity index (χ3n) is 5.36. The molecule has 1 aromatic rings. The number of hydrogen-bond acceptors (Lipinski definition) is 4. The molecule has 27 heavy (non-hydrogen) atoms. The Bertz CT molecular complexity index is 708. The number of nitrogens with one attached hydrogen (secondary N) is 2. The zero-order valence-electron chi connectivity index (χ0n) is 16.0. The van der Waals surface area contributed by atoms with Crippen molar-refractivity contribution in [2.75, 3.05) is 19.6 Å². The third-order valence-corrected chi connectivity index (χ3v) is 5.36. The molecular weight excluding hydrogens is 344 g/mol. The molecule has 2 saturated heterocycles. The van der Waals surface area contributed by atoms with E-state index < -0.39 is 17.5 Å². The van der Waals surface area contributed by atoms with Crippen LogP contribution in [-0.4, -0.2) is 52.9 Å². The maximum atomic E-state index is 12.8. The molecule has 2 heterocycles. The average Bonchev–Trinajstić information content (AvgIpc) is 2.84. The summed E-state index contributed by atoms with van der Waals surface area (Å²) in [6.07, 6.45) is 3.37. The Morgan fingerprint density at radius 3 is 2.74 bits per heavy atom. The van der Waals surface area contributed by atoms with Crippen LogP contribution in [0.15, 0.2) is 30.3 Å². The third kappa shape index (κ3) is 4.66. The van der Waals surface area contributed by atoms with Gasteiger partial charge in [0.05, 0.1) is 6.54 Å². The summed E-state index contributed by atoms with van der Waals surface area (Å²) in [5.41, 5.74) is 2.57. The Morgan fingerprint density at radius 2 is 2.04 bits per heavy atom. The summed E-state index contributed by atoms with van der Waals surface area (Å²) in [5, 5.41) is 3.56. The fourth-order valence-corrected chi connectivity index (χ4v) is 3.79. The lowest BCUT2D eigenvalue weighted by Gasteiger charge is -2.30. The van der Waals surface area contributed by atoms with Crippen molar-refractivity contribution in [3.8, 4) is 0 Å². The van der Waals surface area contributed by atoms with Crippen LogP contribution in [0.4, 0.5) is 4.79 Å². The fraction of sp³-hybridized carbons (Fsp3) is 0.550. The van der Waals surface area contributed by atoms with Gasteiger partial charge >= 0.3 is 6.03 Å². The van der Waals surface area contributed by atoms with Gasteiger partial charge in [-0.3, -0.25) is 19.9 Å². The summed E-state index contributed by atoms with van der Waals surface area (Å²) in [4.78, 5) is 39.4. The largest absolute Gasteiger partial charge is 0.344 e. The van der Waals surface area contributed by atoms with Gasteiger partial charge in [-0.2, -0.15) is 5.01 Å². The number of imide groups is 1. The Balaban J connectivity index is 1.55. The second-order valence-electron chi connectivity index (χ2n) is 7.91. The zero-order chi connectivity index (χ0) is 19.4. The summed E-state index contributed by atoms with van der Waals surface area (Å²) in [6.45, 7) is 5.80. The van der Waals surface area contributed by atoms with Gasteiger partial charge in [-0.15, -0.1) is 0 Å². The van der Waals surface area contributed by atoms with Gasteiger partial charge in [0.1, 0.15) is 5.54 Å². The molecule has 3 rings (SSSR count). The summed E-state index contributed by atoms with van der Waals surface area (Å²) in [6, 6.07) is 9.24. The maximum Gasteiger partial charge on any atom is 0.344 e. The molecule has 1 aromatic carbocycles. The quantitative estimate of drug-likeness (QED) is 0.745. The smallest absolute Gasteiger partial charge is 0.322 e. The van der Waals surface area contributed by atoms with Crippen LogP contribution in [0, 0.1) is 5.92 Å². The number of aryl methyl sites for hydroxylation is 1. The number of rotatable bonds is 6. The van der Waals surface area contributed by atoms with Crippen molar-refractivity contribution in [3.05, 3.63) is 35.9 Å². The molecular formula is C20H28N4O3. The van der Waals surface area contributed by atoms with Crippen LogP contribution in [0.2, 0.25) is 0 Å². The Hall–Kier alpha value is -2.41. The Kier molecular flexibility index (Phi) is 5.79. The first-order valence-electron chi connectivity index (χ1n) is 9.60. The van der Waals surface area contributed by atoms with E-state index in [9.17, 15) is 14.4 Å². The van der Waals surface area contributed by atoms with Gasteiger partial charge in [0.25, 0.3) is 11.8 Å². The van der Waals surface area contributed by atoms with Crippen LogP contribution in [0.3, 0.4) is 0 Å². The Labute approximate surface area is 160 Å². The highest BCUT2D eigenvalue weighted by atomic mass is 16.2. The highest BCUT2D eigenvalue weighted by Gasteiger charge is 2.48. The number of urea groups is 1. The van der Waals surface area contributed by atoms with Gasteiger partial charge in [0.2, 0.25) is 0 Å². The van der Waals surface area contributed by atoms with E-state index in [4.69, 9.17) is 0 Å². The van der Waals surface area contributed by atoms with Crippen molar-refractivity contribution in [1.29, 1.82) is 0 Å². The molecule has 2 unspecified atom stereocenters. The number of piperidine rings is 1. The topological polar surface area (TPSA) is 81.8 Å². The molecule has 2 fully saturated rings. The van der Waals surface area contributed by atoms with Crippen LogP contribution in [0.1, 0.15) is 38.7 Å². The fourth-order valence-electron chi connectivity index (χ4n) is 3.79. The number of hydrazine groups is 1. The van der Waals surface area contributed by atoms with E-state index in [0.29, 0.717) is 18.8 Å². The van der Waals surface area contributed by atoms with Crippen molar-refractivity contribution in [2.45, 2.75) is 45.1 Å². The van der Waals surface area contributed by atoms with Gasteiger partial charge in [0, 0.05) is 6.54 Å². The van der Waals surface area contributed by atoms with Crippen LogP contribution < -0.4 is 10.7 Å². The monoisotopic (exact) mass is 372 g/mol. The molecule has 146 valence electrons. The zero-order valence-corrected chi connectivity index (χ0v) is 16.0. The minimum atomic E-state index is -1.01. The molecule has 0 aliphatic carbocycles. The van der Waals surface area contributed by atoms with E-state index in [2.05, 4.69) is 22.6 Å². The van der Waals surface area contributed by atoms with Crippen LogP contribution in [-0.2, 0) is 16.0 Å². The average molecular weight is 372 g/mol. The van der Waals surface area contributed by atoms with Crippen molar-refractivity contribution in [3.63, 3.8) is 0 Å². The lowest BCUT2D eigenvalue weighted by Crippen LogP contribution is -2.52. The number of carbonyl (C=O) groups is 3. The molecule has 4 amide bonds. The number of likely N-dealkylation sites (tertiary alicyclic amines) is 1. The van der Waals surface area contributed by atoms with Crippen LogP contribution in [0.5, 0.6) is 0 Å². The molecule has 7 heteroatoms. The van der Waals surface area contributed by atoms with Gasteiger partial charge in [-0.05, 0) is 50.6 Å². The number of nitrogens with zero attached hydrogens (tertiary/aromatic N) is 2. The van der Waals surface area contributed by atoms with Crippen molar-refractivity contribution in [1.82, 2.24) is 20.7 Å². The first-order valence-corrected chi connectivity index (χ1v) is 9.60. The van der Waals surface area contributed by atoms with E-state index in [-0.39, 0.29) is 12.5 Å². The van der Waals surface area contributed by atoms with E-state index in [0.717, 1.165) is 30.1 Å². The second-order valence-corrected chi connectivity index (χ2v) is 7.91. The minimum absolute atomic E-state index is 0.197. The lowest BCUT2D eigenvalue weighted by atomic mass is 9.93. The highest BCUT2D eigenvalue weighted by Crippen LogP contribution is 2.22. The van der Waals surface area contributed by atoms with Gasteiger partial charge in [-0.1, -0.05) is 37.3 Å². The van der Waals surface area contributed by atoms with Crippen molar-refractivity contribution < 1.29 is 14.4 Å². The summed E-state index contributed by atoms with van der Waals surface area (Å²) in [5.74, 6) is -0.187. The maximum absolute atomic E-state index is 12.8. The molecule has 2 aliphatic heterocycles. The molecule has 2 aliphatic rings. The van der Waals surface area contributed by atoms with E-state index in [1.165, 1.54) is 6.42 Å². The SMILES string of the molecule is CC1CCCN(CC(=O)NN2C(=O)NC(C)(CCc3ccccc3)C2=O)C1. The number of carbonyl (C=O) groups excluding carboxylic acids is 3. The number of amides is 4. The van der Waals surface area contributed by atoms with E-state index in [1.807, 2.05) is 30.3 Å². The van der Waals surface area contributed by atoms with Gasteiger partial charge < -0.3 is 5.32 Å². The first kappa shape index (κ1) is 19.4. The first-order chi connectivity index (χ1) is 12.9. The molecule has 0 saturated carbocycles. The predicted molar refractivity (Wildman–Crippen MR) is 102 cm³/mol.